The van der Waals surface area contributed by atoms with Gasteiger partial charge < -0.3 is 10.1 Å². The monoisotopic (exact) mass is 257 g/mol. The van der Waals surface area contributed by atoms with Crippen molar-refractivity contribution in [2.75, 3.05) is 12.4 Å². The molecule has 0 atom stereocenters. The van der Waals surface area contributed by atoms with E-state index in [-0.39, 0.29) is 5.69 Å². The summed E-state index contributed by atoms with van der Waals surface area (Å²) in [5, 5.41) is 3.14. The Hall–Kier alpha value is -2.43. The van der Waals surface area contributed by atoms with Gasteiger partial charge in [-0.25, -0.2) is 14.8 Å². The van der Waals surface area contributed by atoms with Crippen LogP contribution in [0.4, 0.5) is 11.5 Å². The number of aromatic nitrogens is 2. The summed E-state index contributed by atoms with van der Waals surface area (Å²) in [6, 6.07) is 8.06. The highest BCUT2D eigenvalue weighted by atomic mass is 16.5. The molecular formula is C14H15N3O2. The number of nitrogens with one attached hydrogen (secondary N) is 1. The van der Waals surface area contributed by atoms with Crippen molar-refractivity contribution in [3.63, 3.8) is 0 Å². The molecule has 0 aliphatic carbocycles. The Labute approximate surface area is 111 Å². The van der Waals surface area contributed by atoms with Crippen molar-refractivity contribution in [1.82, 2.24) is 9.97 Å². The summed E-state index contributed by atoms with van der Waals surface area (Å²) in [6.45, 7) is 2.10. The number of anilines is 2. The molecule has 0 bridgehead atoms. The molecule has 0 saturated carbocycles. The highest BCUT2D eigenvalue weighted by molar-refractivity contribution is 5.86. The molecule has 5 nitrogen and oxygen atoms in total. The lowest BCUT2D eigenvalue weighted by molar-refractivity contribution is 0.0593. The van der Waals surface area contributed by atoms with E-state index >= 15 is 0 Å². The predicted molar refractivity (Wildman–Crippen MR) is 72.5 cm³/mol. The third-order valence-corrected chi connectivity index (χ3v) is 2.65. The van der Waals surface area contributed by atoms with Gasteiger partial charge in [0, 0.05) is 5.69 Å². The molecule has 0 radical (unpaired) electrons. The second-order valence-corrected chi connectivity index (χ2v) is 3.96. The Morgan fingerprint density at radius 3 is 2.79 bits per heavy atom. The molecule has 1 aromatic heterocycles. The second-order valence-electron chi connectivity index (χ2n) is 3.96. The minimum absolute atomic E-state index is 0.190. The van der Waals surface area contributed by atoms with E-state index in [0.29, 0.717) is 5.82 Å². The lowest BCUT2D eigenvalue weighted by Gasteiger charge is -2.07. The van der Waals surface area contributed by atoms with E-state index < -0.39 is 5.97 Å². The fourth-order valence-electron chi connectivity index (χ4n) is 1.62. The summed E-state index contributed by atoms with van der Waals surface area (Å²) in [7, 11) is 1.31. The zero-order chi connectivity index (χ0) is 13.7. The van der Waals surface area contributed by atoms with Gasteiger partial charge >= 0.3 is 5.97 Å². The van der Waals surface area contributed by atoms with Gasteiger partial charge in [0.1, 0.15) is 5.82 Å². The summed E-state index contributed by atoms with van der Waals surface area (Å²) in [6.07, 6.45) is 3.87. The van der Waals surface area contributed by atoms with Crippen molar-refractivity contribution < 1.29 is 9.53 Å². The molecule has 0 amide bonds. The fraction of sp³-hybridized carbons (Fsp3) is 0.214. The van der Waals surface area contributed by atoms with Crippen LogP contribution in [-0.4, -0.2) is 23.0 Å². The van der Waals surface area contributed by atoms with Crippen LogP contribution in [0.25, 0.3) is 0 Å². The van der Waals surface area contributed by atoms with Crippen molar-refractivity contribution in [3.8, 4) is 0 Å². The topological polar surface area (TPSA) is 64.1 Å². The SMILES string of the molecule is CCc1cccc(Nc2cnc(C(=O)OC)cn2)c1. The molecule has 0 unspecified atom stereocenters. The van der Waals surface area contributed by atoms with Crippen molar-refractivity contribution in [2.24, 2.45) is 0 Å². The highest BCUT2D eigenvalue weighted by Crippen LogP contribution is 2.15. The standard InChI is InChI=1S/C14H15N3O2/c1-3-10-5-4-6-11(7-10)17-13-9-15-12(8-16-13)14(18)19-2/h4-9H,3H2,1-2H3,(H,16,17). The van der Waals surface area contributed by atoms with E-state index in [4.69, 9.17) is 0 Å². The number of esters is 1. The van der Waals surface area contributed by atoms with E-state index in [2.05, 4.69) is 39.1 Å². The number of aryl methyl sites for hydroxylation is 1. The molecule has 5 heteroatoms. The van der Waals surface area contributed by atoms with Crippen LogP contribution in [0.2, 0.25) is 0 Å². The van der Waals surface area contributed by atoms with Gasteiger partial charge in [-0.3, -0.25) is 0 Å². The molecule has 19 heavy (non-hydrogen) atoms. The zero-order valence-electron chi connectivity index (χ0n) is 10.9. The van der Waals surface area contributed by atoms with Gasteiger partial charge in [0.2, 0.25) is 0 Å². The summed E-state index contributed by atoms with van der Waals surface area (Å²) in [5.74, 6) is 0.0907. The smallest absolute Gasteiger partial charge is 0.358 e. The number of hydrogen-bond acceptors (Lipinski definition) is 5. The van der Waals surface area contributed by atoms with Crippen LogP contribution in [0.1, 0.15) is 23.0 Å². The molecule has 2 aromatic rings. The largest absolute Gasteiger partial charge is 0.464 e. The third-order valence-electron chi connectivity index (χ3n) is 2.65. The number of benzene rings is 1. The molecule has 0 aliphatic heterocycles. The summed E-state index contributed by atoms with van der Waals surface area (Å²) < 4.78 is 4.56. The lowest BCUT2D eigenvalue weighted by atomic mass is 10.1. The van der Waals surface area contributed by atoms with Crippen LogP contribution in [0.5, 0.6) is 0 Å². The van der Waals surface area contributed by atoms with Gasteiger partial charge in [-0.1, -0.05) is 19.1 Å². The Morgan fingerprint density at radius 2 is 2.16 bits per heavy atom. The number of hydrogen-bond donors (Lipinski definition) is 1. The van der Waals surface area contributed by atoms with Crippen molar-refractivity contribution in [2.45, 2.75) is 13.3 Å². The molecule has 1 heterocycles. The number of carbonyl (C=O) groups excluding carboxylic acids is 1. The number of carbonyl (C=O) groups is 1. The maximum Gasteiger partial charge on any atom is 0.358 e. The first-order valence-electron chi connectivity index (χ1n) is 5.99. The van der Waals surface area contributed by atoms with Crippen LogP contribution in [0.15, 0.2) is 36.7 Å². The van der Waals surface area contributed by atoms with Crippen molar-refractivity contribution >= 4 is 17.5 Å². The first-order chi connectivity index (χ1) is 9.22. The number of methoxy groups -OCH3 is 1. The number of nitrogens with zero attached hydrogens (tertiary/aromatic N) is 2. The Morgan fingerprint density at radius 1 is 1.32 bits per heavy atom. The van der Waals surface area contributed by atoms with Gasteiger partial charge in [-0.05, 0) is 24.1 Å². The molecule has 2 rings (SSSR count). The van der Waals surface area contributed by atoms with Crippen molar-refractivity contribution in [1.29, 1.82) is 0 Å². The van der Waals surface area contributed by atoms with Crippen LogP contribution in [0.3, 0.4) is 0 Å². The summed E-state index contributed by atoms with van der Waals surface area (Å²) >= 11 is 0. The van der Waals surface area contributed by atoms with Gasteiger partial charge in [0.15, 0.2) is 5.69 Å². The normalized spacial score (nSPS) is 10.0. The van der Waals surface area contributed by atoms with Crippen LogP contribution >= 0.6 is 0 Å². The average molecular weight is 257 g/mol. The van der Waals surface area contributed by atoms with E-state index in [1.54, 1.807) is 0 Å². The summed E-state index contributed by atoms with van der Waals surface area (Å²) in [4.78, 5) is 19.3. The third kappa shape index (κ3) is 3.28. The first kappa shape index (κ1) is 13.0. The second kappa shape index (κ2) is 5.95. The average Bonchev–Trinajstić information content (AvgIpc) is 2.47. The molecular weight excluding hydrogens is 242 g/mol. The molecule has 0 saturated heterocycles. The maximum atomic E-state index is 11.2. The van der Waals surface area contributed by atoms with Crippen LogP contribution in [0, 0.1) is 0 Å². The Kier molecular flexibility index (Phi) is 4.07. The Balaban J connectivity index is 2.12. The Bertz CT molecular complexity index is 567. The predicted octanol–water partition coefficient (Wildman–Crippen LogP) is 2.57. The van der Waals surface area contributed by atoms with Gasteiger partial charge in [0.05, 0.1) is 19.5 Å². The number of rotatable bonds is 4. The van der Waals surface area contributed by atoms with Crippen LogP contribution in [-0.2, 0) is 11.2 Å². The molecule has 0 aliphatic rings. The minimum Gasteiger partial charge on any atom is -0.464 e. The van der Waals surface area contributed by atoms with Gasteiger partial charge in [0.25, 0.3) is 0 Å². The molecule has 98 valence electrons. The molecule has 0 spiro atoms. The highest BCUT2D eigenvalue weighted by Gasteiger charge is 2.07. The quantitative estimate of drug-likeness (QED) is 0.853. The van der Waals surface area contributed by atoms with Gasteiger partial charge in [-0.2, -0.15) is 0 Å². The van der Waals surface area contributed by atoms with Crippen molar-refractivity contribution in [3.05, 3.63) is 47.9 Å². The fourth-order valence-corrected chi connectivity index (χ4v) is 1.62. The van der Waals surface area contributed by atoms with E-state index in [1.165, 1.54) is 25.1 Å². The zero-order valence-corrected chi connectivity index (χ0v) is 10.9. The molecule has 1 aromatic carbocycles. The lowest BCUT2D eigenvalue weighted by Crippen LogP contribution is -2.05. The van der Waals surface area contributed by atoms with E-state index in [1.807, 2.05) is 12.1 Å². The maximum absolute atomic E-state index is 11.2. The molecule has 1 N–H and O–H groups in total. The first-order valence-corrected chi connectivity index (χ1v) is 5.99. The number of ether oxygens (including phenoxy) is 1. The van der Waals surface area contributed by atoms with Gasteiger partial charge in [-0.15, -0.1) is 0 Å². The molecule has 0 fully saturated rings. The minimum atomic E-state index is -0.493. The van der Waals surface area contributed by atoms with E-state index in [9.17, 15) is 4.79 Å². The van der Waals surface area contributed by atoms with E-state index in [0.717, 1.165) is 12.1 Å². The van der Waals surface area contributed by atoms with Crippen LogP contribution < -0.4 is 5.32 Å². The summed E-state index contributed by atoms with van der Waals surface area (Å²) in [5.41, 5.74) is 2.37.